The van der Waals surface area contributed by atoms with Gasteiger partial charge in [-0.1, -0.05) is 46.3 Å². The average molecular weight is 266 g/mol. The summed E-state index contributed by atoms with van der Waals surface area (Å²) in [6.07, 6.45) is 0. The molecule has 0 aliphatic rings. The van der Waals surface area contributed by atoms with Crippen LogP contribution in [0.5, 0.6) is 0 Å². The second-order valence-electron chi connectivity index (χ2n) is 3.18. The molecule has 0 aliphatic carbocycles. The summed E-state index contributed by atoms with van der Waals surface area (Å²) in [4.78, 5) is 0. The summed E-state index contributed by atoms with van der Waals surface area (Å²) < 4.78 is 14.2. The monoisotopic (exact) mass is 265 g/mol. The molecule has 15 heavy (non-hydrogen) atoms. The van der Waals surface area contributed by atoms with E-state index >= 15 is 0 Å². The summed E-state index contributed by atoms with van der Waals surface area (Å²) in [5.41, 5.74) is 7.48. The third-order valence-electron chi connectivity index (χ3n) is 2.22. The minimum Gasteiger partial charge on any atom is -0.396 e. The molecular formula is C12H9BrFN. The number of benzene rings is 2. The van der Waals surface area contributed by atoms with Gasteiger partial charge in [0.25, 0.3) is 0 Å². The maximum absolute atomic E-state index is 13.3. The minimum absolute atomic E-state index is 0.185. The number of hydrogen-bond acceptors (Lipinski definition) is 1. The molecule has 0 radical (unpaired) electrons. The van der Waals surface area contributed by atoms with Crippen molar-refractivity contribution in [2.45, 2.75) is 0 Å². The van der Waals surface area contributed by atoms with Crippen LogP contribution < -0.4 is 5.73 Å². The van der Waals surface area contributed by atoms with Gasteiger partial charge in [0.1, 0.15) is 5.82 Å². The van der Waals surface area contributed by atoms with Gasteiger partial charge in [-0.3, -0.25) is 0 Å². The number of anilines is 1. The summed E-state index contributed by atoms with van der Waals surface area (Å²) >= 11 is 3.41. The van der Waals surface area contributed by atoms with Crippen LogP contribution in [0.2, 0.25) is 0 Å². The Labute approximate surface area is 95.9 Å². The van der Waals surface area contributed by atoms with Gasteiger partial charge in [-0.2, -0.15) is 0 Å². The zero-order chi connectivity index (χ0) is 10.8. The van der Waals surface area contributed by atoms with Crippen LogP contribution in [0.4, 0.5) is 10.1 Å². The van der Waals surface area contributed by atoms with Gasteiger partial charge in [-0.25, -0.2) is 4.39 Å². The first-order chi connectivity index (χ1) is 7.20. The SMILES string of the molecule is Nc1c(F)cccc1-c1ccccc1Br. The molecule has 0 fully saturated rings. The van der Waals surface area contributed by atoms with E-state index in [4.69, 9.17) is 5.73 Å². The number of halogens is 2. The fraction of sp³-hybridized carbons (Fsp3) is 0. The second kappa shape index (κ2) is 4.03. The van der Waals surface area contributed by atoms with E-state index in [1.165, 1.54) is 6.07 Å². The van der Waals surface area contributed by atoms with Crippen LogP contribution in [0.25, 0.3) is 11.1 Å². The van der Waals surface area contributed by atoms with Crippen molar-refractivity contribution in [3.8, 4) is 11.1 Å². The molecule has 0 saturated carbocycles. The zero-order valence-electron chi connectivity index (χ0n) is 7.87. The van der Waals surface area contributed by atoms with Crippen LogP contribution in [0, 0.1) is 5.82 Å². The van der Waals surface area contributed by atoms with Crippen molar-refractivity contribution in [2.24, 2.45) is 0 Å². The van der Waals surface area contributed by atoms with Gasteiger partial charge in [-0.15, -0.1) is 0 Å². The molecule has 2 aromatic carbocycles. The van der Waals surface area contributed by atoms with Crippen LogP contribution >= 0.6 is 15.9 Å². The molecule has 0 aromatic heterocycles. The third kappa shape index (κ3) is 1.88. The van der Waals surface area contributed by atoms with Crippen molar-refractivity contribution < 1.29 is 4.39 Å². The van der Waals surface area contributed by atoms with E-state index in [-0.39, 0.29) is 11.5 Å². The highest BCUT2D eigenvalue weighted by Gasteiger charge is 2.08. The molecule has 3 heteroatoms. The van der Waals surface area contributed by atoms with Gasteiger partial charge in [0, 0.05) is 10.0 Å². The number of nitrogen functional groups attached to an aromatic ring is 1. The van der Waals surface area contributed by atoms with Crippen LogP contribution in [-0.4, -0.2) is 0 Å². The average Bonchev–Trinajstić information content (AvgIpc) is 2.23. The Morgan fingerprint density at radius 1 is 0.933 bits per heavy atom. The van der Waals surface area contributed by atoms with E-state index in [9.17, 15) is 4.39 Å². The highest BCUT2D eigenvalue weighted by Crippen LogP contribution is 2.32. The molecule has 0 atom stereocenters. The molecule has 0 unspecified atom stereocenters. The number of nitrogens with two attached hydrogens (primary N) is 1. The fourth-order valence-corrected chi connectivity index (χ4v) is 1.95. The Morgan fingerprint density at radius 2 is 1.60 bits per heavy atom. The summed E-state index contributed by atoms with van der Waals surface area (Å²) in [6, 6.07) is 12.4. The van der Waals surface area contributed by atoms with E-state index < -0.39 is 0 Å². The van der Waals surface area contributed by atoms with E-state index in [0.717, 1.165) is 10.0 Å². The number of para-hydroxylation sites is 1. The van der Waals surface area contributed by atoms with Gasteiger partial charge < -0.3 is 5.73 Å². The first-order valence-electron chi connectivity index (χ1n) is 4.49. The Balaban J connectivity index is 2.65. The molecule has 2 aromatic rings. The molecule has 2 rings (SSSR count). The largest absolute Gasteiger partial charge is 0.396 e. The maximum atomic E-state index is 13.3. The van der Waals surface area contributed by atoms with Crippen LogP contribution in [0.3, 0.4) is 0 Å². The molecule has 0 aliphatic heterocycles. The highest BCUT2D eigenvalue weighted by molar-refractivity contribution is 9.10. The first kappa shape index (κ1) is 10.2. The van der Waals surface area contributed by atoms with Crippen LogP contribution in [0.15, 0.2) is 46.9 Å². The predicted molar refractivity (Wildman–Crippen MR) is 63.9 cm³/mol. The molecule has 1 nitrogen and oxygen atoms in total. The molecule has 0 bridgehead atoms. The molecule has 0 amide bonds. The lowest BCUT2D eigenvalue weighted by molar-refractivity contribution is 0.633. The Hall–Kier alpha value is -1.35. The van der Waals surface area contributed by atoms with Gasteiger partial charge in [0.2, 0.25) is 0 Å². The van der Waals surface area contributed by atoms with Crippen molar-refractivity contribution in [3.05, 3.63) is 52.8 Å². The molecule has 0 saturated heterocycles. The standard InChI is InChI=1S/C12H9BrFN/c13-10-6-2-1-4-8(10)9-5-3-7-11(14)12(9)15/h1-7H,15H2. The van der Waals surface area contributed by atoms with E-state index in [1.54, 1.807) is 12.1 Å². The topological polar surface area (TPSA) is 26.0 Å². The first-order valence-corrected chi connectivity index (χ1v) is 5.28. The summed E-state index contributed by atoms with van der Waals surface area (Å²) in [5, 5.41) is 0. The van der Waals surface area contributed by atoms with Crippen LogP contribution in [-0.2, 0) is 0 Å². The van der Waals surface area contributed by atoms with E-state index in [1.807, 2.05) is 24.3 Å². The second-order valence-corrected chi connectivity index (χ2v) is 4.04. The zero-order valence-corrected chi connectivity index (χ0v) is 9.46. The maximum Gasteiger partial charge on any atom is 0.146 e. The Kier molecular flexibility index (Phi) is 2.73. The normalized spacial score (nSPS) is 10.3. The lowest BCUT2D eigenvalue weighted by Crippen LogP contribution is -1.94. The van der Waals surface area contributed by atoms with Crippen molar-refractivity contribution in [1.29, 1.82) is 0 Å². The minimum atomic E-state index is -0.386. The highest BCUT2D eigenvalue weighted by atomic mass is 79.9. The predicted octanol–water partition coefficient (Wildman–Crippen LogP) is 3.84. The summed E-state index contributed by atoms with van der Waals surface area (Å²) in [5.74, 6) is -0.386. The lowest BCUT2D eigenvalue weighted by atomic mass is 10.0. The van der Waals surface area contributed by atoms with Crippen molar-refractivity contribution >= 4 is 21.6 Å². The molecule has 0 heterocycles. The summed E-state index contributed by atoms with van der Waals surface area (Å²) in [7, 11) is 0. The summed E-state index contributed by atoms with van der Waals surface area (Å²) in [6.45, 7) is 0. The van der Waals surface area contributed by atoms with E-state index in [0.29, 0.717) is 5.56 Å². The van der Waals surface area contributed by atoms with Gasteiger partial charge >= 0.3 is 0 Å². The third-order valence-corrected chi connectivity index (χ3v) is 2.91. The number of rotatable bonds is 1. The van der Waals surface area contributed by atoms with E-state index in [2.05, 4.69) is 15.9 Å². The van der Waals surface area contributed by atoms with Crippen LogP contribution in [0.1, 0.15) is 0 Å². The van der Waals surface area contributed by atoms with Gasteiger partial charge in [0.05, 0.1) is 5.69 Å². The van der Waals surface area contributed by atoms with Gasteiger partial charge in [0.15, 0.2) is 0 Å². The quantitative estimate of drug-likeness (QED) is 0.780. The smallest absolute Gasteiger partial charge is 0.146 e. The van der Waals surface area contributed by atoms with Crippen molar-refractivity contribution in [1.82, 2.24) is 0 Å². The molecule has 0 spiro atoms. The Morgan fingerprint density at radius 3 is 2.33 bits per heavy atom. The molecular weight excluding hydrogens is 257 g/mol. The number of hydrogen-bond donors (Lipinski definition) is 1. The molecule has 2 N–H and O–H groups in total. The Bertz CT molecular complexity index is 497. The van der Waals surface area contributed by atoms with Crippen molar-refractivity contribution in [3.63, 3.8) is 0 Å². The molecule has 76 valence electrons. The lowest BCUT2D eigenvalue weighted by Gasteiger charge is -2.08. The van der Waals surface area contributed by atoms with Gasteiger partial charge in [-0.05, 0) is 17.7 Å². The fourth-order valence-electron chi connectivity index (χ4n) is 1.45. The van der Waals surface area contributed by atoms with Crippen molar-refractivity contribution in [2.75, 3.05) is 5.73 Å².